The molecule has 0 heterocycles. The number of nitrogens with one attached hydrogen (secondary N) is 2. The second-order valence-electron chi connectivity index (χ2n) is 7.15. The van der Waals surface area contributed by atoms with E-state index in [0.717, 1.165) is 19.0 Å². The van der Waals surface area contributed by atoms with Gasteiger partial charge in [0.25, 0.3) is 0 Å². The lowest BCUT2D eigenvalue weighted by molar-refractivity contribution is 0.265. The average molecular weight is 333 g/mol. The molecule has 0 aliphatic carbocycles. The normalized spacial score (nSPS) is 13.7. The van der Waals surface area contributed by atoms with Crippen LogP contribution >= 0.6 is 0 Å². The van der Waals surface area contributed by atoms with Crippen molar-refractivity contribution in [3.05, 3.63) is 35.4 Å². The number of rotatable bonds is 8. The topological polar surface area (TPSA) is 39.7 Å². The Labute approximate surface area is 148 Å². The fourth-order valence-electron chi connectivity index (χ4n) is 2.18. The van der Waals surface area contributed by atoms with Gasteiger partial charge in [0.15, 0.2) is 5.96 Å². The summed E-state index contributed by atoms with van der Waals surface area (Å²) in [5.74, 6) is 1.46. The molecule has 1 rings (SSSR count). The number of hydrogen-bond acceptors (Lipinski definition) is 2. The summed E-state index contributed by atoms with van der Waals surface area (Å²) in [4.78, 5) is 7.15. The van der Waals surface area contributed by atoms with Crippen molar-refractivity contribution in [3.8, 4) is 0 Å². The maximum Gasteiger partial charge on any atom is 0.191 e. The number of hydrogen-bond donors (Lipinski definition) is 2. The van der Waals surface area contributed by atoms with Crippen LogP contribution in [0.25, 0.3) is 0 Å². The summed E-state index contributed by atoms with van der Waals surface area (Å²) >= 11 is 0. The van der Waals surface area contributed by atoms with Crippen molar-refractivity contribution < 1.29 is 0 Å². The maximum absolute atomic E-state index is 4.79. The molecule has 0 fully saturated rings. The van der Waals surface area contributed by atoms with Crippen molar-refractivity contribution in [2.24, 2.45) is 10.9 Å². The van der Waals surface area contributed by atoms with E-state index in [1.165, 1.54) is 11.1 Å². The van der Waals surface area contributed by atoms with Crippen molar-refractivity contribution in [2.45, 2.75) is 66.7 Å². The SMILES string of the molecule is CCNC(=NCc1ccccc1CN(C)C(C)C)NC(C)C(C)C. The molecule has 0 saturated carbocycles. The van der Waals surface area contributed by atoms with Crippen molar-refractivity contribution in [1.82, 2.24) is 15.5 Å². The van der Waals surface area contributed by atoms with Gasteiger partial charge in [0.05, 0.1) is 6.54 Å². The highest BCUT2D eigenvalue weighted by atomic mass is 15.2. The molecule has 0 aliphatic heterocycles. The Kier molecular flexibility index (Phi) is 8.83. The van der Waals surface area contributed by atoms with E-state index in [1.54, 1.807) is 0 Å². The van der Waals surface area contributed by atoms with Crippen LogP contribution in [0.4, 0.5) is 0 Å². The summed E-state index contributed by atoms with van der Waals surface area (Å²) in [6.07, 6.45) is 0. The highest BCUT2D eigenvalue weighted by Crippen LogP contribution is 2.13. The third-order valence-electron chi connectivity index (χ3n) is 4.54. The van der Waals surface area contributed by atoms with E-state index in [9.17, 15) is 0 Å². The van der Waals surface area contributed by atoms with Crippen molar-refractivity contribution in [3.63, 3.8) is 0 Å². The van der Waals surface area contributed by atoms with Gasteiger partial charge in [0, 0.05) is 25.2 Å². The van der Waals surface area contributed by atoms with Gasteiger partial charge in [-0.05, 0) is 51.8 Å². The van der Waals surface area contributed by atoms with Crippen LogP contribution in [0.2, 0.25) is 0 Å². The maximum atomic E-state index is 4.79. The van der Waals surface area contributed by atoms with Crippen molar-refractivity contribution >= 4 is 5.96 Å². The minimum atomic E-state index is 0.394. The van der Waals surface area contributed by atoms with Gasteiger partial charge < -0.3 is 10.6 Å². The van der Waals surface area contributed by atoms with Gasteiger partial charge in [-0.15, -0.1) is 0 Å². The Bertz CT molecular complexity index is 508. The Morgan fingerprint density at radius 2 is 1.71 bits per heavy atom. The molecule has 0 amide bonds. The predicted octanol–water partition coefficient (Wildman–Crippen LogP) is 3.63. The van der Waals surface area contributed by atoms with E-state index < -0.39 is 0 Å². The lowest BCUT2D eigenvalue weighted by Gasteiger charge is -2.23. The predicted molar refractivity (Wildman–Crippen MR) is 105 cm³/mol. The lowest BCUT2D eigenvalue weighted by atomic mass is 10.1. The Morgan fingerprint density at radius 1 is 1.08 bits per heavy atom. The summed E-state index contributed by atoms with van der Waals surface area (Å²) < 4.78 is 0. The van der Waals surface area contributed by atoms with Gasteiger partial charge in [0.1, 0.15) is 0 Å². The number of nitrogens with zero attached hydrogens (tertiary/aromatic N) is 2. The van der Waals surface area contributed by atoms with Gasteiger partial charge >= 0.3 is 0 Å². The molecule has 0 spiro atoms. The third-order valence-corrected chi connectivity index (χ3v) is 4.54. The second-order valence-corrected chi connectivity index (χ2v) is 7.15. The van der Waals surface area contributed by atoms with E-state index in [2.05, 4.69) is 88.4 Å². The molecular formula is C20H36N4. The number of guanidine groups is 1. The fourth-order valence-corrected chi connectivity index (χ4v) is 2.18. The summed E-state index contributed by atoms with van der Waals surface area (Å²) in [5.41, 5.74) is 2.64. The zero-order chi connectivity index (χ0) is 18.1. The minimum absolute atomic E-state index is 0.394. The summed E-state index contributed by atoms with van der Waals surface area (Å²) in [7, 11) is 2.17. The molecule has 4 heteroatoms. The molecule has 24 heavy (non-hydrogen) atoms. The molecule has 0 radical (unpaired) electrons. The molecular weight excluding hydrogens is 296 g/mol. The Balaban J connectivity index is 2.85. The van der Waals surface area contributed by atoms with Crippen molar-refractivity contribution in [2.75, 3.05) is 13.6 Å². The first kappa shape index (κ1) is 20.5. The molecule has 0 aromatic heterocycles. The molecule has 136 valence electrons. The van der Waals surface area contributed by atoms with E-state index in [4.69, 9.17) is 4.99 Å². The first-order valence-corrected chi connectivity index (χ1v) is 9.17. The van der Waals surface area contributed by atoms with Gasteiger partial charge in [-0.1, -0.05) is 38.1 Å². The Morgan fingerprint density at radius 3 is 2.25 bits per heavy atom. The van der Waals surface area contributed by atoms with Crippen LogP contribution in [-0.2, 0) is 13.1 Å². The molecule has 1 atom stereocenters. The summed E-state index contributed by atoms with van der Waals surface area (Å²) in [5, 5.41) is 6.84. The van der Waals surface area contributed by atoms with Crippen molar-refractivity contribution in [1.29, 1.82) is 0 Å². The number of benzene rings is 1. The molecule has 1 aromatic rings. The smallest absolute Gasteiger partial charge is 0.191 e. The van der Waals surface area contributed by atoms with Crippen LogP contribution < -0.4 is 10.6 Å². The fraction of sp³-hybridized carbons (Fsp3) is 0.650. The standard InChI is InChI=1S/C20H36N4/c1-8-21-20(23-17(6)15(2)3)22-13-18-11-9-10-12-19(18)14-24(7)16(4)5/h9-12,15-17H,8,13-14H2,1-7H3,(H2,21,22,23). The third kappa shape index (κ3) is 6.91. The van der Waals surface area contributed by atoms with E-state index in [-0.39, 0.29) is 0 Å². The summed E-state index contributed by atoms with van der Waals surface area (Å²) in [6, 6.07) is 9.53. The monoisotopic (exact) mass is 332 g/mol. The first-order valence-electron chi connectivity index (χ1n) is 9.17. The van der Waals surface area contributed by atoms with Crippen LogP contribution in [0.1, 0.15) is 52.7 Å². The highest BCUT2D eigenvalue weighted by Gasteiger charge is 2.10. The largest absolute Gasteiger partial charge is 0.357 e. The van der Waals surface area contributed by atoms with E-state index in [0.29, 0.717) is 24.5 Å². The number of aliphatic imine (C=N–C) groups is 1. The molecule has 4 nitrogen and oxygen atoms in total. The molecule has 0 saturated heterocycles. The molecule has 0 aliphatic rings. The molecule has 0 bridgehead atoms. The van der Waals surface area contributed by atoms with E-state index >= 15 is 0 Å². The average Bonchev–Trinajstić information content (AvgIpc) is 2.53. The second kappa shape index (κ2) is 10.3. The lowest BCUT2D eigenvalue weighted by Crippen LogP contribution is -2.44. The van der Waals surface area contributed by atoms with Crippen LogP contribution in [-0.4, -0.2) is 36.5 Å². The minimum Gasteiger partial charge on any atom is -0.357 e. The van der Waals surface area contributed by atoms with Crippen LogP contribution in [0.15, 0.2) is 29.3 Å². The van der Waals surface area contributed by atoms with Crippen LogP contribution in [0.3, 0.4) is 0 Å². The van der Waals surface area contributed by atoms with Crippen LogP contribution in [0.5, 0.6) is 0 Å². The molecule has 2 N–H and O–H groups in total. The van der Waals surface area contributed by atoms with E-state index in [1.807, 2.05) is 0 Å². The molecule has 1 aromatic carbocycles. The van der Waals surface area contributed by atoms with Crippen LogP contribution in [0, 0.1) is 5.92 Å². The van der Waals surface area contributed by atoms with Gasteiger partial charge in [-0.25, -0.2) is 4.99 Å². The zero-order valence-corrected chi connectivity index (χ0v) is 16.6. The Hall–Kier alpha value is -1.55. The molecule has 1 unspecified atom stereocenters. The van der Waals surface area contributed by atoms with Gasteiger partial charge in [-0.2, -0.15) is 0 Å². The highest BCUT2D eigenvalue weighted by molar-refractivity contribution is 5.80. The first-order chi connectivity index (χ1) is 11.3. The quantitative estimate of drug-likeness (QED) is 0.564. The van der Waals surface area contributed by atoms with Gasteiger partial charge in [-0.3, -0.25) is 4.90 Å². The van der Waals surface area contributed by atoms with Gasteiger partial charge in [0.2, 0.25) is 0 Å². The summed E-state index contributed by atoms with van der Waals surface area (Å²) in [6.45, 7) is 15.7. The zero-order valence-electron chi connectivity index (χ0n) is 16.6.